The van der Waals surface area contributed by atoms with Crippen LogP contribution >= 0.6 is 0 Å². The van der Waals surface area contributed by atoms with E-state index in [1.165, 1.54) is 17.9 Å². The van der Waals surface area contributed by atoms with Crippen molar-refractivity contribution in [2.45, 2.75) is 39.3 Å². The quantitative estimate of drug-likeness (QED) is 0.303. The fourth-order valence-electron chi connectivity index (χ4n) is 2.11. The summed E-state index contributed by atoms with van der Waals surface area (Å²) in [5.41, 5.74) is 1.05. The van der Waals surface area contributed by atoms with Gasteiger partial charge in [-0.3, -0.25) is 19.3 Å². The molecule has 2 rings (SSSR count). The van der Waals surface area contributed by atoms with Gasteiger partial charge in [0.05, 0.1) is 6.61 Å². The Morgan fingerprint density at radius 1 is 1.32 bits per heavy atom. The molecule has 0 aromatic heterocycles. The lowest BCUT2D eigenvalue weighted by atomic mass is 10.2. The van der Waals surface area contributed by atoms with Crippen molar-refractivity contribution in [1.82, 2.24) is 4.90 Å². The zero-order chi connectivity index (χ0) is 21.4. The maximum Gasteiger partial charge on any atom is 0.330 e. The van der Waals surface area contributed by atoms with Crippen molar-refractivity contribution in [3.05, 3.63) is 42.5 Å². The van der Waals surface area contributed by atoms with E-state index < -0.39 is 0 Å². The first-order valence-electron chi connectivity index (χ1n) is 8.63. The molecule has 1 aliphatic rings. The smallest absolute Gasteiger partial charge is 0.330 e. The van der Waals surface area contributed by atoms with Gasteiger partial charge >= 0.3 is 11.9 Å². The molecule has 0 saturated carbocycles. The average molecular weight is 393 g/mol. The molecule has 0 spiro atoms. The number of hydrogen-bond acceptors (Lipinski definition) is 7. The summed E-state index contributed by atoms with van der Waals surface area (Å²) < 4.78 is 14.5. The number of hydrogen-bond donors (Lipinski definition) is 0. The van der Waals surface area contributed by atoms with Crippen molar-refractivity contribution < 1.29 is 33.4 Å². The van der Waals surface area contributed by atoms with E-state index in [1.54, 1.807) is 19.2 Å². The monoisotopic (exact) mass is 393 g/mol. The van der Waals surface area contributed by atoms with E-state index in [0.29, 0.717) is 31.5 Å². The van der Waals surface area contributed by atoms with Crippen LogP contribution in [0.3, 0.4) is 0 Å². The number of nitrogens with zero attached hydrogens (tertiary/aromatic N) is 1. The molecule has 1 saturated heterocycles. The molecule has 0 N–H and O–H groups in total. The molecule has 8 nitrogen and oxygen atoms in total. The van der Waals surface area contributed by atoms with E-state index in [1.807, 2.05) is 19.1 Å². The van der Waals surface area contributed by atoms with Gasteiger partial charge in [0.2, 0.25) is 6.41 Å². The third-order valence-corrected chi connectivity index (χ3v) is 3.32. The van der Waals surface area contributed by atoms with Gasteiger partial charge in [-0.1, -0.05) is 32.1 Å². The Kier molecular flexibility index (Phi) is 13.5. The first-order valence-corrected chi connectivity index (χ1v) is 8.63. The summed E-state index contributed by atoms with van der Waals surface area (Å²) >= 11 is 0. The molecule has 1 aromatic carbocycles. The molecular weight excluding hydrogens is 366 g/mol. The zero-order valence-corrected chi connectivity index (χ0v) is 16.5. The lowest BCUT2D eigenvalue weighted by Crippen LogP contribution is -2.31. The van der Waals surface area contributed by atoms with Gasteiger partial charge in [-0.2, -0.15) is 0 Å². The Morgan fingerprint density at radius 3 is 2.36 bits per heavy atom. The normalized spacial score (nSPS) is 14.5. The summed E-state index contributed by atoms with van der Waals surface area (Å²) in [5.74, 6) is -0.0224. The van der Waals surface area contributed by atoms with Crippen molar-refractivity contribution in [3.63, 3.8) is 0 Å². The summed E-state index contributed by atoms with van der Waals surface area (Å²) in [6, 6.07) is 6.88. The Hall–Kier alpha value is -3.00. The van der Waals surface area contributed by atoms with Crippen LogP contribution in [0.2, 0.25) is 0 Å². The summed E-state index contributed by atoms with van der Waals surface area (Å²) in [4.78, 5) is 42.3. The van der Waals surface area contributed by atoms with Crippen LogP contribution < -0.4 is 4.74 Å². The van der Waals surface area contributed by atoms with Gasteiger partial charge in [0, 0.05) is 14.0 Å². The second-order valence-corrected chi connectivity index (χ2v) is 5.56. The van der Waals surface area contributed by atoms with Crippen LogP contribution in [0.25, 0.3) is 0 Å². The van der Waals surface area contributed by atoms with Gasteiger partial charge in [0.25, 0.3) is 0 Å². The molecular formula is C20H27NO7. The largest absolute Gasteiger partial charge is 0.443 e. The Bertz CT molecular complexity index is 622. The van der Waals surface area contributed by atoms with Crippen LogP contribution in [0.5, 0.6) is 5.75 Å². The molecule has 1 atom stereocenters. The number of rotatable bonds is 7. The number of aldehydes is 1. The van der Waals surface area contributed by atoms with Gasteiger partial charge in [-0.05, 0) is 30.2 Å². The van der Waals surface area contributed by atoms with Crippen LogP contribution in [0.1, 0.15) is 32.3 Å². The van der Waals surface area contributed by atoms with Crippen molar-refractivity contribution in [2.75, 3.05) is 13.8 Å². The van der Waals surface area contributed by atoms with Gasteiger partial charge in [-0.25, -0.2) is 4.79 Å². The van der Waals surface area contributed by atoms with Crippen molar-refractivity contribution in [1.29, 1.82) is 0 Å². The molecule has 154 valence electrons. The first-order chi connectivity index (χ1) is 13.4. The molecule has 1 aromatic rings. The molecule has 1 unspecified atom stereocenters. The highest BCUT2D eigenvalue weighted by Gasteiger charge is 2.32. The molecule has 0 aliphatic carbocycles. The number of esters is 2. The predicted molar refractivity (Wildman–Crippen MR) is 102 cm³/mol. The van der Waals surface area contributed by atoms with E-state index in [9.17, 15) is 14.4 Å². The maximum absolute atomic E-state index is 10.9. The number of ether oxygens (including phenoxy) is 3. The number of allylic oxidation sites excluding steroid dienone is 1. The highest BCUT2D eigenvalue weighted by Crippen LogP contribution is 2.13. The minimum atomic E-state index is -0.336. The average Bonchev–Trinajstić information content (AvgIpc) is 3.04. The fraction of sp³-hybridized carbons (Fsp3) is 0.400. The summed E-state index contributed by atoms with van der Waals surface area (Å²) in [6.07, 6.45) is 4.06. The van der Waals surface area contributed by atoms with Crippen LogP contribution in [-0.4, -0.2) is 49.4 Å². The number of benzene rings is 1. The Morgan fingerprint density at radius 2 is 1.93 bits per heavy atom. The van der Waals surface area contributed by atoms with Crippen LogP contribution in [0.4, 0.5) is 0 Å². The third-order valence-electron chi connectivity index (χ3n) is 3.32. The lowest BCUT2D eigenvalue weighted by Gasteiger charge is -2.12. The SMILES string of the molecule is C=CC=O.CCCC1C(=O)OCN1C=O.COCc1ccc(OC(C)=O)cc1. The van der Waals surface area contributed by atoms with E-state index in [2.05, 4.69) is 11.3 Å². The number of amides is 1. The van der Waals surface area contributed by atoms with Crippen molar-refractivity contribution in [2.24, 2.45) is 0 Å². The molecule has 0 bridgehead atoms. The van der Waals surface area contributed by atoms with Crippen LogP contribution in [0.15, 0.2) is 36.9 Å². The summed E-state index contributed by atoms with van der Waals surface area (Å²) in [7, 11) is 1.64. The minimum Gasteiger partial charge on any atom is -0.443 e. The van der Waals surface area contributed by atoms with Gasteiger partial charge < -0.3 is 14.2 Å². The molecule has 0 radical (unpaired) electrons. The van der Waals surface area contributed by atoms with Crippen molar-refractivity contribution >= 4 is 24.6 Å². The first kappa shape index (κ1) is 25.0. The third kappa shape index (κ3) is 10.2. The zero-order valence-electron chi connectivity index (χ0n) is 16.5. The number of methoxy groups -OCH3 is 1. The van der Waals surface area contributed by atoms with Crippen LogP contribution in [0, 0.1) is 0 Å². The number of carbonyl (C=O) groups excluding carboxylic acids is 4. The second kappa shape index (κ2) is 15.1. The number of cyclic esters (lactones) is 1. The highest BCUT2D eigenvalue weighted by molar-refractivity contribution is 5.80. The fourth-order valence-corrected chi connectivity index (χ4v) is 2.11. The van der Waals surface area contributed by atoms with Crippen molar-refractivity contribution in [3.8, 4) is 5.75 Å². The van der Waals surface area contributed by atoms with Crippen LogP contribution in [-0.2, 0) is 35.3 Å². The molecule has 1 heterocycles. The van der Waals surface area contributed by atoms with Gasteiger partial charge in [-0.15, -0.1) is 0 Å². The molecule has 1 fully saturated rings. The molecule has 28 heavy (non-hydrogen) atoms. The highest BCUT2D eigenvalue weighted by atomic mass is 16.6. The van der Waals surface area contributed by atoms with E-state index >= 15 is 0 Å². The summed E-state index contributed by atoms with van der Waals surface area (Å²) in [5, 5.41) is 0. The topological polar surface area (TPSA) is 99.2 Å². The van der Waals surface area contributed by atoms with Gasteiger partial charge in [0.15, 0.2) is 6.73 Å². The lowest BCUT2D eigenvalue weighted by molar-refractivity contribution is -0.139. The molecule has 1 aliphatic heterocycles. The summed E-state index contributed by atoms with van der Waals surface area (Å²) in [6.45, 7) is 7.14. The standard InChI is InChI=1S/C10H12O3.C7H11NO3.C3H4O/c1-8(11)13-10-5-3-9(4-6-10)7-12-2;1-2-3-6-7(10)11-5-8(6)4-9;1-2-3-4/h3-6H,7H2,1-2H3;4,6H,2-3,5H2,1H3;2-3H,1H2. The van der Waals surface area contributed by atoms with Gasteiger partial charge in [0.1, 0.15) is 18.1 Å². The van der Waals surface area contributed by atoms with E-state index in [-0.39, 0.29) is 24.7 Å². The molecule has 1 amide bonds. The predicted octanol–water partition coefficient (Wildman–Crippen LogP) is 2.26. The van der Waals surface area contributed by atoms with E-state index in [0.717, 1.165) is 12.0 Å². The van der Waals surface area contributed by atoms with E-state index in [4.69, 9.17) is 14.3 Å². The Labute approximate surface area is 165 Å². The second-order valence-electron chi connectivity index (χ2n) is 5.56. The Balaban J connectivity index is 0.000000442. The number of carbonyl (C=O) groups is 4. The molecule has 8 heteroatoms. The minimum absolute atomic E-state index is 0.118. The maximum atomic E-state index is 10.9.